The van der Waals surface area contributed by atoms with Crippen LogP contribution in [-0.2, 0) is 9.53 Å². The zero-order valence-corrected chi connectivity index (χ0v) is 12.4. The van der Waals surface area contributed by atoms with Crippen LogP contribution in [0.2, 0.25) is 0 Å². The van der Waals surface area contributed by atoms with Crippen molar-refractivity contribution in [1.29, 1.82) is 0 Å². The minimum absolute atomic E-state index is 0.126. The Labute approximate surface area is 123 Å². The number of benzene rings is 1. The van der Waals surface area contributed by atoms with Gasteiger partial charge in [0.05, 0.1) is 24.1 Å². The lowest BCUT2D eigenvalue weighted by Crippen LogP contribution is -2.17. The van der Waals surface area contributed by atoms with Gasteiger partial charge < -0.3 is 15.8 Å². The second kappa shape index (κ2) is 9.39. The fourth-order valence-corrected chi connectivity index (χ4v) is 2.39. The second-order valence-corrected chi connectivity index (χ2v) is 5.24. The van der Waals surface area contributed by atoms with Gasteiger partial charge in [-0.3, -0.25) is 4.79 Å². The number of carbonyl (C=O) groups is 2. The van der Waals surface area contributed by atoms with Crippen molar-refractivity contribution in [2.24, 2.45) is 5.73 Å². The van der Waals surface area contributed by atoms with Crippen LogP contribution in [0.4, 0.5) is 5.69 Å². The summed E-state index contributed by atoms with van der Waals surface area (Å²) in [5.74, 6) is 0.680. The van der Waals surface area contributed by atoms with E-state index in [1.165, 1.54) is 7.11 Å². The molecule has 0 bridgehead atoms. The Morgan fingerprint density at radius 3 is 2.75 bits per heavy atom. The molecule has 0 heterocycles. The average Bonchev–Trinajstić information content (AvgIpc) is 2.47. The van der Waals surface area contributed by atoms with Crippen molar-refractivity contribution in [1.82, 2.24) is 0 Å². The quantitative estimate of drug-likeness (QED) is 0.565. The number of amides is 1. The van der Waals surface area contributed by atoms with Crippen molar-refractivity contribution in [3.8, 4) is 0 Å². The Balaban J connectivity index is 2.47. The van der Waals surface area contributed by atoms with Crippen molar-refractivity contribution in [2.75, 3.05) is 30.5 Å². The lowest BCUT2D eigenvalue weighted by Gasteiger charge is -2.09. The average molecular weight is 296 g/mol. The maximum Gasteiger partial charge on any atom is 0.339 e. The van der Waals surface area contributed by atoms with Crippen LogP contribution in [0.25, 0.3) is 0 Å². The van der Waals surface area contributed by atoms with Gasteiger partial charge in [0.2, 0.25) is 5.91 Å². The lowest BCUT2D eigenvalue weighted by atomic mass is 10.2. The number of methoxy groups -OCH3 is 1. The molecule has 0 atom stereocenters. The van der Waals surface area contributed by atoms with Crippen LogP contribution in [0, 0.1) is 0 Å². The molecule has 0 radical (unpaired) electrons. The fourth-order valence-electron chi connectivity index (χ4n) is 1.58. The monoisotopic (exact) mass is 296 g/mol. The van der Waals surface area contributed by atoms with Crippen molar-refractivity contribution >= 4 is 29.3 Å². The zero-order valence-electron chi connectivity index (χ0n) is 11.6. The minimum Gasteiger partial charge on any atom is -0.465 e. The molecule has 1 aromatic carbocycles. The second-order valence-electron chi connectivity index (χ2n) is 4.13. The fraction of sp³-hybridized carbons (Fsp3) is 0.429. The highest BCUT2D eigenvalue weighted by atomic mass is 32.2. The van der Waals surface area contributed by atoms with Gasteiger partial charge in [0.15, 0.2) is 0 Å². The molecule has 6 heteroatoms. The van der Waals surface area contributed by atoms with E-state index < -0.39 is 5.97 Å². The Morgan fingerprint density at radius 2 is 2.05 bits per heavy atom. The number of rotatable bonds is 8. The van der Waals surface area contributed by atoms with Crippen LogP contribution < -0.4 is 11.1 Å². The van der Waals surface area contributed by atoms with E-state index in [0.29, 0.717) is 23.5 Å². The number of esters is 1. The SMILES string of the molecule is COC(=O)c1ccccc1NC(=O)CSCCCCN. The molecule has 110 valence electrons. The molecule has 0 aromatic heterocycles. The maximum absolute atomic E-state index is 11.8. The summed E-state index contributed by atoms with van der Waals surface area (Å²) in [5, 5.41) is 2.73. The molecule has 5 nitrogen and oxygen atoms in total. The molecule has 0 fully saturated rings. The molecule has 0 unspecified atom stereocenters. The Hall–Kier alpha value is -1.53. The maximum atomic E-state index is 11.8. The molecule has 20 heavy (non-hydrogen) atoms. The van der Waals surface area contributed by atoms with Crippen LogP contribution in [0.5, 0.6) is 0 Å². The van der Waals surface area contributed by atoms with Crippen molar-refractivity contribution in [3.63, 3.8) is 0 Å². The van der Waals surface area contributed by atoms with Gasteiger partial charge in [-0.1, -0.05) is 12.1 Å². The van der Waals surface area contributed by atoms with E-state index in [-0.39, 0.29) is 5.91 Å². The van der Waals surface area contributed by atoms with Gasteiger partial charge in [-0.25, -0.2) is 4.79 Å². The molecule has 0 spiro atoms. The lowest BCUT2D eigenvalue weighted by molar-refractivity contribution is -0.113. The van der Waals surface area contributed by atoms with E-state index in [2.05, 4.69) is 10.1 Å². The summed E-state index contributed by atoms with van der Waals surface area (Å²) in [6.45, 7) is 0.680. The summed E-state index contributed by atoms with van der Waals surface area (Å²) >= 11 is 1.56. The predicted octanol–water partition coefficient (Wildman–Crippen LogP) is 1.88. The summed E-state index contributed by atoms with van der Waals surface area (Å²) in [5.41, 5.74) is 6.24. The summed E-state index contributed by atoms with van der Waals surface area (Å²) in [6.07, 6.45) is 1.98. The highest BCUT2D eigenvalue weighted by Crippen LogP contribution is 2.16. The van der Waals surface area contributed by atoms with Crippen LogP contribution in [0.1, 0.15) is 23.2 Å². The first-order valence-corrected chi connectivity index (χ1v) is 7.59. The Morgan fingerprint density at radius 1 is 1.30 bits per heavy atom. The van der Waals surface area contributed by atoms with E-state index in [0.717, 1.165) is 18.6 Å². The van der Waals surface area contributed by atoms with E-state index in [1.807, 2.05) is 0 Å². The van der Waals surface area contributed by atoms with E-state index in [1.54, 1.807) is 36.0 Å². The third-order valence-corrected chi connectivity index (χ3v) is 3.63. The number of unbranched alkanes of at least 4 members (excludes halogenated alkanes) is 1. The number of para-hydroxylation sites is 1. The topological polar surface area (TPSA) is 81.4 Å². The molecule has 1 rings (SSSR count). The highest BCUT2D eigenvalue weighted by molar-refractivity contribution is 7.99. The molecule has 1 aromatic rings. The van der Waals surface area contributed by atoms with Gasteiger partial charge in [-0.05, 0) is 37.3 Å². The third kappa shape index (κ3) is 5.63. The standard InChI is InChI=1S/C14H20N2O3S/c1-19-14(18)11-6-2-3-7-12(11)16-13(17)10-20-9-5-4-8-15/h2-3,6-7H,4-5,8-10,15H2,1H3,(H,16,17). The molecule has 0 aliphatic rings. The minimum atomic E-state index is -0.462. The molecular weight excluding hydrogens is 276 g/mol. The van der Waals surface area contributed by atoms with Crippen LogP contribution >= 0.6 is 11.8 Å². The number of carbonyl (C=O) groups excluding carboxylic acids is 2. The molecule has 0 aliphatic carbocycles. The van der Waals surface area contributed by atoms with Crippen molar-refractivity contribution < 1.29 is 14.3 Å². The van der Waals surface area contributed by atoms with Crippen LogP contribution in [0.15, 0.2) is 24.3 Å². The predicted molar refractivity (Wildman–Crippen MR) is 82.0 cm³/mol. The van der Waals surface area contributed by atoms with E-state index in [9.17, 15) is 9.59 Å². The molecule has 1 amide bonds. The number of hydrogen-bond acceptors (Lipinski definition) is 5. The first-order chi connectivity index (χ1) is 9.69. The Bertz CT molecular complexity index is 452. The molecular formula is C14H20N2O3S. The van der Waals surface area contributed by atoms with Crippen LogP contribution in [0.3, 0.4) is 0 Å². The summed E-state index contributed by atoms with van der Waals surface area (Å²) in [7, 11) is 1.31. The smallest absolute Gasteiger partial charge is 0.339 e. The van der Waals surface area contributed by atoms with Gasteiger partial charge in [0.25, 0.3) is 0 Å². The first kappa shape index (κ1) is 16.5. The Kier molecular flexibility index (Phi) is 7.75. The summed E-state index contributed by atoms with van der Waals surface area (Å²) in [4.78, 5) is 23.4. The highest BCUT2D eigenvalue weighted by Gasteiger charge is 2.12. The summed E-state index contributed by atoms with van der Waals surface area (Å²) in [6, 6.07) is 6.79. The molecule has 0 aliphatic heterocycles. The van der Waals surface area contributed by atoms with E-state index >= 15 is 0 Å². The first-order valence-electron chi connectivity index (χ1n) is 6.44. The number of hydrogen-bond donors (Lipinski definition) is 2. The number of thioether (sulfide) groups is 1. The third-order valence-electron chi connectivity index (χ3n) is 2.58. The van der Waals surface area contributed by atoms with Gasteiger partial charge in [0, 0.05) is 0 Å². The van der Waals surface area contributed by atoms with E-state index in [4.69, 9.17) is 5.73 Å². The normalized spacial score (nSPS) is 10.1. The number of ether oxygens (including phenoxy) is 1. The number of nitrogens with one attached hydrogen (secondary N) is 1. The zero-order chi connectivity index (χ0) is 14.8. The molecule has 3 N–H and O–H groups in total. The van der Waals surface area contributed by atoms with Gasteiger partial charge in [0.1, 0.15) is 0 Å². The van der Waals surface area contributed by atoms with Crippen LogP contribution in [-0.4, -0.2) is 37.0 Å². The number of anilines is 1. The summed E-state index contributed by atoms with van der Waals surface area (Å²) < 4.78 is 4.68. The molecule has 0 saturated heterocycles. The number of nitrogens with two attached hydrogens (primary N) is 1. The van der Waals surface area contributed by atoms with Gasteiger partial charge in [-0.2, -0.15) is 11.8 Å². The van der Waals surface area contributed by atoms with Crippen molar-refractivity contribution in [2.45, 2.75) is 12.8 Å². The van der Waals surface area contributed by atoms with Gasteiger partial charge in [-0.15, -0.1) is 0 Å². The largest absolute Gasteiger partial charge is 0.465 e. The molecule has 0 saturated carbocycles. The van der Waals surface area contributed by atoms with Crippen molar-refractivity contribution in [3.05, 3.63) is 29.8 Å². The van der Waals surface area contributed by atoms with Gasteiger partial charge >= 0.3 is 5.97 Å².